The van der Waals surface area contributed by atoms with Gasteiger partial charge in [0.05, 0.1) is 25.5 Å². The molecule has 0 aliphatic rings. The number of hydrogen-bond donors (Lipinski definition) is 1. The van der Waals surface area contributed by atoms with Gasteiger partial charge in [-0.2, -0.15) is 14.9 Å². The number of methoxy groups -OCH3 is 2. The first-order valence-electron chi connectivity index (χ1n) is 7.42. The summed E-state index contributed by atoms with van der Waals surface area (Å²) in [7, 11) is 3.18. The zero-order chi connectivity index (χ0) is 18.7. The maximum absolute atomic E-state index is 6.28. The predicted molar refractivity (Wildman–Crippen MR) is 105 cm³/mol. The number of hydrogen-bond acceptors (Lipinski definition) is 5. The van der Waals surface area contributed by atoms with Crippen LogP contribution < -0.4 is 9.47 Å². The molecule has 0 spiro atoms. The van der Waals surface area contributed by atoms with Gasteiger partial charge in [-0.15, -0.1) is 0 Å². The molecule has 6 nitrogen and oxygen atoms in total. The Morgan fingerprint density at radius 3 is 2.65 bits per heavy atom. The summed E-state index contributed by atoms with van der Waals surface area (Å²) >= 11 is 17.5. The Hall–Kier alpha value is -2.35. The summed E-state index contributed by atoms with van der Waals surface area (Å²) in [5.74, 6) is 1.80. The first-order valence-corrected chi connectivity index (χ1v) is 8.59. The van der Waals surface area contributed by atoms with Crippen molar-refractivity contribution in [1.82, 2.24) is 14.9 Å². The van der Waals surface area contributed by atoms with Crippen LogP contribution in [0.25, 0.3) is 11.4 Å². The van der Waals surface area contributed by atoms with E-state index >= 15 is 0 Å². The van der Waals surface area contributed by atoms with E-state index in [4.69, 9.17) is 44.9 Å². The average molecular weight is 409 g/mol. The Bertz CT molecular complexity index is 1030. The SMILES string of the molecule is COc1ccc(OC)c(C=Nn2c(-c3ccc(Cl)cc3Cl)n[nH]c2=S)c1. The van der Waals surface area contributed by atoms with Crippen LogP contribution in [0.15, 0.2) is 41.5 Å². The minimum atomic E-state index is 0.323. The third-order valence-corrected chi connectivity index (χ3v) is 4.38. The first kappa shape index (κ1) is 18.4. The van der Waals surface area contributed by atoms with E-state index < -0.39 is 0 Å². The number of nitrogens with zero attached hydrogens (tertiary/aromatic N) is 3. The van der Waals surface area contributed by atoms with Gasteiger partial charge in [0, 0.05) is 16.1 Å². The van der Waals surface area contributed by atoms with Crippen molar-refractivity contribution in [3.8, 4) is 22.9 Å². The fourth-order valence-corrected chi connectivity index (χ4v) is 2.98. The lowest BCUT2D eigenvalue weighted by Crippen LogP contribution is -1.97. The second kappa shape index (κ2) is 7.90. The van der Waals surface area contributed by atoms with Crippen molar-refractivity contribution in [2.24, 2.45) is 5.10 Å². The lowest BCUT2D eigenvalue weighted by atomic mass is 10.2. The molecule has 3 rings (SSSR count). The molecule has 0 radical (unpaired) electrons. The van der Waals surface area contributed by atoms with Gasteiger partial charge in [0.1, 0.15) is 11.5 Å². The number of ether oxygens (including phenoxy) is 2. The molecule has 0 atom stereocenters. The summed E-state index contributed by atoms with van der Waals surface area (Å²) in [5, 5.41) is 12.3. The smallest absolute Gasteiger partial charge is 0.216 e. The molecule has 0 fully saturated rings. The summed E-state index contributed by atoms with van der Waals surface area (Å²) in [6, 6.07) is 10.5. The fraction of sp³-hybridized carbons (Fsp3) is 0.118. The Kier molecular flexibility index (Phi) is 5.61. The van der Waals surface area contributed by atoms with Crippen LogP contribution >= 0.6 is 35.4 Å². The quantitative estimate of drug-likeness (QED) is 0.485. The minimum absolute atomic E-state index is 0.323. The van der Waals surface area contributed by atoms with Crippen LogP contribution in [-0.2, 0) is 0 Å². The highest BCUT2D eigenvalue weighted by molar-refractivity contribution is 7.71. The van der Waals surface area contributed by atoms with Crippen molar-refractivity contribution in [1.29, 1.82) is 0 Å². The van der Waals surface area contributed by atoms with Crippen LogP contribution in [-0.4, -0.2) is 35.3 Å². The van der Waals surface area contributed by atoms with Crippen molar-refractivity contribution in [2.75, 3.05) is 14.2 Å². The van der Waals surface area contributed by atoms with Crippen LogP contribution in [0.5, 0.6) is 11.5 Å². The van der Waals surface area contributed by atoms with Crippen molar-refractivity contribution < 1.29 is 9.47 Å². The number of rotatable bonds is 5. The van der Waals surface area contributed by atoms with E-state index in [9.17, 15) is 0 Å². The molecule has 0 aliphatic carbocycles. The molecule has 1 aromatic heterocycles. The van der Waals surface area contributed by atoms with Crippen molar-refractivity contribution in [3.63, 3.8) is 0 Å². The van der Waals surface area contributed by atoms with Crippen LogP contribution in [0.4, 0.5) is 0 Å². The normalized spacial score (nSPS) is 11.1. The second-order valence-corrected chi connectivity index (χ2v) is 6.37. The average Bonchev–Trinajstić information content (AvgIpc) is 3.00. The van der Waals surface area contributed by atoms with Gasteiger partial charge in [-0.05, 0) is 48.6 Å². The Balaban J connectivity index is 2.05. The van der Waals surface area contributed by atoms with Gasteiger partial charge in [0.25, 0.3) is 0 Å². The molecule has 1 N–H and O–H groups in total. The van der Waals surface area contributed by atoms with Crippen molar-refractivity contribution in [2.45, 2.75) is 0 Å². The highest BCUT2D eigenvalue weighted by atomic mass is 35.5. The van der Waals surface area contributed by atoms with E-state index in [-0.39, 0.29) is 0 Å². The lowest BCUT2D eigenvalue weighted by molar-refractivity contribution is 0.402. The third-order valence-electron chi connectivity index (χ3n) is 3.57. The molecular weight excluding hydrogens is 395 g/mol. The van der Waals surface area contributed by atoms with E-state index in [0.717, 1.165) is 5.56 Å². The summed E-state index contributed by atoms with van der Waals surface area (Å²) in [4.78, 5) is 0. The number of aromatic amines is 1. The third kappa shape index (κ3) is 3.75. The summed E-state index contributed by atoms with van der Waals surface area (Å²) in [6.07, 6.45) is 1.61. The van der Waals surface area contributed by atoms with E-state index in [1.807, 2.05) is 0 Å². The van der Waals surface area contributed by atoms with Crippen LogP contribution in [0.1, 0.15) is 5.56 Å². The zero-order valence-corrected chi connectivity index (χ0v) is 16.2. The highest BCUT2D eigenvalue weighted by Crippen LogP contribution is 2.29. The van der Waals surface area contributed by atoms with E-state index in [2.05, 4.69) is 15.3 Å². The van der Waals surface area contributed by atoms with Crippen LogP contribution in [0.3, 0.4) is 0 Å². The maximum Gasteiger partial charge on any atom is 0.216 e. The molecule has 0 aliphatic heterocycles. The maximum atomic E-state index is 6.28. The van der Waals surface area contributed by atoms with Gasteiger partial charge in [0.2, 0.25) is 4.77 Å². The number of nitrogens with one attached hydrogen (secondary N) is 1. The molecule has 9 heteroatoms. The largest absolute Gasteiger partial charge is 0.497 e. The molecule has 0 unspecified atom stereocenters. The van der Waals surface area contributed by atoms with Gasteiger partial charge in [-0.1, -0.05) is 23.2 Å². The molecule has 3 aromatic rings. The van der Waals surface area contributed by atoms with Crippen LogP contribution in [0.2, 0.25) is 10.0 Å². The number of H-pyrrole nitrogens is 1. The topological polar surface area (TPSA) is 64.4 Å². The van der Waals surface area contributed by atoms with Gasteiger partial charge in [-0.25, -0.2) is 5.10 Å². The van der Waals surface area contributed by atoms with Gasteiger partial charge in [0.15, 0.2) is 5.82 Å². The molecule has 134 valence electrons. The first-order chi connectivity index (χ1) is 12.5. The standard InChI is InChI=1S/C17H14Cl2N4O2S/c1-24-12-4-6-15(25-2)10(7-12)9-20-23-16(21-22-17(23)26)13-5-3-11(18)8-14(13)19/h3-9H,1-2H3,(H,22,26). The summed E-state index contributed by atoms with van der Waals surface area (Å²) in [6.45, 7) is 0. The number of benzene rings is 2. The van der Waals surface area contributed by atoms with E-state index in [0.29, 0.717) is 37.7 Å². The summed E-state index contributed by atoms with van der Waals surface area (Å²) in [5.41, 5.74) is 1.38. The molecular formula is C17H14Cl2N4O2S. The Morgan fingerprint density at radius 2 is 1.96 bits per heavy atom. The highest BCUT2D eigenvalue weighted by Gasteiger charge is 2.12. The molecule has 0 amide bonds. The Labute approximate surface area is 165 Å². The molecule has 26 heavy (non-hydrogen) atoms. The minimum Gasteiger partial charge on any atom is -0.497 e. The number of aromatic nitrogens is 3. The fourth-order valence-electron chi connectivity index (χ4n) is 2.30. The molecule has 2 aromatic carbocycles. The second-order valence-electron chi connectivity index (χ2n) is 5.14. The van der Waals surface area contributed by atoms with Gasteiger partial charge in [-0.3, -0.25) is 0 Å². The van der Waals surface area contributed by atoms with Gasteiger partial charge < -0.3 is 9.47 Å². The summed E-state index contributed by atoms with van der Waals surface area (Å²) < 4.78 is 12.4. The van der Waals surface area contributed by atoms with E-state index in [1.54, 1.807) is 56.8 Å². The zero-order valence-electron chi connectivity index (χ0n) is 13.9. The van der Waals surface area contributed by atoms with Crippen LogP contribution in [0, 0.1) is 4.77 Å². The molecule has 1 heterocycles. The van der Waals surface area contributed by atoms with Crippen molar-refractivity contribution in [3.05, 3.63) is 56.8 Å². The Morgan fingerprint density at radius 1 is 1.15 bits per heavy atom. The van der Waals surface area contributed by atoms with Gasteiger partial charge >= 0.3 is 0 Å². The lowest BCUT2D eigenvalue weighted by Gasteiger charge is -2.07. The van der Waals surface area contributed by atoms with E-state index in [1.165, 1.54) is 4.68 Å². The predicted octanol–water partition coefficient (Wildman–Crippen LogP) is 4.81. The molecule has 0 saturated heterocycles. The van der Waals surface area contributed by atoms with Crippen molar-refractivity contribution >= 4 is 41.6 Å². The molecule has 0 bridgehead atoms. The molecule has 0 saturated carbocycles. The number of halogens is 2. The monoisotopic (exact) mass is 408 g/mol.